The van der Waals surface area contributed by atoms with Crippen LogP contribution in [0.2, 0.25) is 0 Å². The molecule has 0 radical (unpaired) electrons. The van der Waals surface area contributed by atoms with Gasteiger partial charge in [-0.15, -0.1) is 0 Å². The Morgan fingerprint density at radius 3 is 2.26 bits per heavy atom. The molecule has 1 saturated carbocycles. The molecular formula is C15H20F3N. The normalized spacial score (nSPS) is 28.2. The number of nitrogens with one attached hydrogen (secondary N) is 1. The Labute approximate surface area is 112 Å². The third-order valence-electron chi connectivity index (χ3n) is 4.02. The van der Waals surface area contributed by atoms with Crippen LogP contribution >= 0.6 is 0 Å². The molecule has 0 aliphatic heterocycles. The summed E-state index contributed by atoms with van der Waals surface area (Å²) in [5, 5.41) is 3.37. The molecule has 2 rings (SSSR count). The Kier molecular flexibility index (Phi) is 4.07. The van der Waals surface area contributed by atoms with E-state index in [1.54, 1.807) is 0 Å². The minimum absolute atomic E-state index is 0.362. The van der Waals surface area contributed by atoms with E-state index in [0.29, 0.717) is 17.9 Å². The van der Waals surface area contributed by atoms with E-state index in [1.807, 2.05) is 0 Å². The molecule has 0 bridgehead atoms. The van der Waals surface area contributed by atoms with Gasteiger partial charge in [-0.25, -0.2) is 0 Å². The van der Waals surface area contributed by atoms with Gasteiger partial charge in [-0.2, -0.15) is 13.2 Å². The number of alkyl halides is 3. The molecule has 0 aromatic heterocycles. The predicted molar refractivity (Wildman–Crippen MR) is 71.0 cm³/mol. The molecule has 106 valence electrons. The van der Waals surface area contributed by atoms with Crippen LogP contribution in [-0.4, -0.2) is 6.04 Å². The fourth-order valence-electron chi connectivity index (χ4n) is 2.70. The quantitative estimate of drug-likeness (QED) is 0.803. The van der Waals surface area contributed by atoms with Gasteiger partial charge in [0.1, 0.15) is 0 Å². The van der Waals surface area contributed by atoms with Gasteiger partial charge in [0.25, 0.3) is 0 Å². The van der Waals surface area contributed by atoms with Crippen molar-refractivity contribution in [1.29, 1.82) is 0 Å². The molecule has 0 saturated heterocycles. The first-order valence-corrected chi connectivity index (χ1v) is 6.80. The lowest BCUT2D eigenvalue weighted by Gasteiger charge is -2.34. The molecule has 1 aromatic rings. The van der Waals surface area contributed by atoms with Crippen molar-refractivity contribution < 1.29 is 13.2 Å². The molecule has 1 aromatic carbocycles. The summed E-state index contributed by atoms with van der Waals surface area (Å²) in [5.41, 5.74) is 0.182. The van der Waals surface area contributed by atoms with Gasteiger partial charge in [0, 0.05) is 11.7 Å². The van der Waals surface area contributed by atoms with Crippen LogP contribution in [-0.2, 0) is 6.18 Å². The van der Waals surface area contributed by atoms with Crippen molar-refractivity contribution in [3.63, 3.8) is 0 Å². The number of hydrogen-bond acceptors (Lipinski definition) is 1. The number of halogens is 3. The lowest BCUT2D eigenvalue weighted by atomic mass is 9.80. The Morgan fingerprint density at radius 1 is 1.05 bits per heavy atom. The Balaban J connectivity index is 2.03. The van der Waals surface area contributed by atoms with E-state index in [9.17, 15) is 13.2 Å². The van der Waals surface area contributed by atoms with Gasteiger partial charge in [-0.1, -0.05) is 20.3 Å². The maximum Gasteiger partial charge on any atom is 0.416 e. The van der Waals surface area contributed by atoms with Crippen LogP contribution in [0.25, 0.3) is 0 Å². The van der Waals surface area contributed by atoms with Gasteiger partial charge in [0.2, 0.25) is 0 Å². The maximum absolute atomic E-state index is 12.5. The molecule has 19 heavy (non-hydrogen) atoms. The fraction of sp³-hybridized carbons (Fsp3) is 0.600. The van der Waals surface area contributed by atoms with Crippen molar-refractivity contribution in [2.75, 3.05) is 5.32 Å². The van der Waals surface area contributed by atoms with E-state index in [1.165, 1.54) is 25.0 Å². The summed E-state index contributed by atoms with van der Waals surface area (Å²) in [6.07, 6.45) is -0.751. The average molecular weight is 271 g/mol. The number of anilines is 1. The van der Waals surface area contributed by atoms with Crippen molar-refractivity contribution in [2.45, 2.75) is 45.3 Å². The Morgan fingerprint density at radius 2 is 1.68 bits per heavy atom. The minimum Gasteiger partial charge on any atom is -0.382 e. The Hall–Kier alpha value is -1.19. The van der Waals surface area contributed by atoms with Crippen LogP contribution in [0.3, 0.4) is 0 Å². The van der Waals surface area contributed by atoms with Gasteiger partial charge in [-0.3, -0.25) is 0 Å². The second-order valence-electron chi connectivity index (χ2n) is 5.72. The minimum atomic E-state index is -4.26. The predicted octanol–water partition coefficient (Wildman–Crippen LogP) is 4.94. The van der Waals surface area contributed by atoms with Gasteiger partial charge in [-0.05, 0) is 48.9 Å². The summed E-state index contributed by atoms with van der Waals surface area (Å²) in [7, 11) is 0. The molecule has 0 amide bonds. The van der Waals surface area contributed by atoms with Gasteiger partial charge in [0.15, 0.2) is 0 Å². The summed E-state index contributed by atoms with van der Waals surface area (Å²) in [4.78, 5) is 0. The molecule has 1 aliphatic carbocycles. The first kappa shape index (κ1) is 14.2. The number of rotatable bonds is 2. The molecule has 3 unspecified atom stereocenters. The van der Waals surface area contributed by atoms with Crippen LogP contribution < -0.4 is 5.32 Å². The second-order valence-corrected chi connectivity index (χ2v) is 5.72. The third-order valence-corrected chi connectivity index (χ3v) is 4.02. The second kappa shape index (κ2) is 5.43. The molecule has 1 N–H and O–H groups in total. The molecular weight excluding hydrogens is 251 g/mol. The van der Waals surface area contributed by atoms with E-state index in [0.717, 1.165) is 24.2 Å². The summed E-state index contributed by atoms with van der Waals surface area (Å²) < 4.78 is 37.4. The zero-order chi connectivity index (χ0) is 14.0. The molecule has 4 heteroatoms. The lowest BCUT2D eigenvalue weighted by Crippen LogP contribution is -2.33. The van der Waals surface area contributed by atoms with Gasteiger partial charge < -0.3 is 5.32 Å². The molecule has 1 fully saturated rings. The topological polar surface area (TPSA) is 12.0 Å². The van der Waals surface area contributed by atoms with E-state index in [4.69, 9.17) is 0 Å². The highest BCUT2D eigenvalue weighted by atomic mass is 19.4. The largest absolute Gasteiger partial charge is 0.416 e. The van der Waals surface area contributed by atoms with Crippen LogP contribution in [0.4, 0.5) is 18.9 Å². The van der Waals surface area contributed by atoms with Crippen LogP contribution in [0.5, 0.6) is 0 Å². The average Bonchev–Trinajstić information content (AvgIpc) is 2.33. The van der Waals surface area contributed by atoms with Crippen molar-refractivity contribution in [2.24, 2.45) is 11.8 Å². The standard InChI is InChI=1S/C15H20F3N/c1-10-3-4-11(2)14(9-10)19-13-7-5-12(6-8-13)15(16,17)18/h5-8,10-11,14,19H,3-4,9H2,1-2H3. The van der Waals surface area contributed by atoms with Crippen molar-refractivity contribution in [3.8, 4) is 0 Å². The lowest BCUT2D eigenvalue weighted by molar-refractivity contribution is -0.137. The molecule has 1 nitrogen and oxygen atoms in total. The van der Waals surface area contributed by atoms with Crippen molar-refractivity contribution >= 4 is 5.69 Å². The van der Waals surface area contributed by atoms with Crippen molar-refractivity contribution in [1.82, 2.24) is 0 Å². The smallest absolute Gasteiger partial charge is 0.382 e. The summed E-state index contributed by atoms with van der Waals surface area (Å²) in [5.74, 6) is 1.25. The number of benzene rings is 1. The third kappa shape index (κ3) is 3.64. The van der Waals surface area contributed by atoms with Crippen LogP contribution in [0, 0.1) is 11.8 Å². The molecule has 0 heterocycles. The molecule has 1 aliphatic rings. The fourth-order valence-corrected chi connectivity index (χ4v) is 2.70. The maximum atomic E-state index is 12.5. The van der Waals surface area contributed by atoms with Crippen LogP contribution in [0.15, 0.2) is 24.3 Å². The first-order chi connectivity index (χ1) is 8.86. The summed E-state index contributed by atoms with van der Waals surface area (Å²) in [6, 6.07) is 5.68. The Bertz CT molecular complexity index is 410. The molecule has 0 spiro atoms. The SMILES string of the molecule is CC1CCC(C)C(Nc2ccc(C(F)(F)F)cc2)C1. The van der Waals surface area contributed by atoms with Crippen molar-refractivity contribution in [3.05, 3.63) is 29.8 Å². The first-order valence-electron chi connectivity index (χ1n) is 6.80. The molecule has 3 atom stereocenters. The zero-order valence-electron chi connectivity index (χ0n) is 11.3. The van der Waals surface area contributed by atoms with Gasteiger partial charge >= 0.3 is 6.18 Å². The highest BCUT2D eigenvalue weighted by Gasteiger charge is 2.30. The summed E-state index contributed by atoms with van der Waals surface area (Å²) >= 11 is 0. The highest BCUT2D eigenvalue weighted by Crippen LogP contribution is 2.32. The van der Waals surface area contributed by atoms with Gasteiger partial charge in [0.05, 0.1) is 5.56 Å². The monoisotopic (exact) mass is 271 g/mol. The number of hydrogen-bond donors (Lipinski definition) is 1. The van der Waals surface area contributed by atoms with E-state index in [-0.39, 0.29) is 0 Å². The highest BCUT2D eigenvalue weighted by molar-refractivity contribution is 5.46. The van der Waals surface area contributed by atoms with E-state index >= 15 is 0 Å². The van der Waals surface area contributed by atoms with E-state index < -0.39 is 11.7 Å². The van der Waals surface area contributed by atoms with Crippen LogP contribution in [0.1, 0.15) is 38.7 Å². The zero-order valence-corrected chi connectivity index (χ0v) is 11.3. The summed E-state index contributed by atoms with van der Waals surface area (Å²) in [6.45, 7) is 4.43. The van der Waals surface area contributed by atoms with E-state index in [2.05, 4.69) is 19.2 Å².